The van der Waals surface area contributed by atoms with Crippen LogP contribution < -0.4 is 0 Å². The maximum Gasteiger partial charge on any atom is 0.343 e. The molecule has 0 unspecified atom stereocenters. The fourth-order valence-corrected chi connectivity index (χ4v) is 1.91. The van der Waals surface area contributed by atoms with Crippen molar-refractivity contribution in [3.63, 3.8) is 0 Å². The third-order valence-electron chi connectivity index (χ3n) is 2.78. The molecule has 0 amide bonds. The van der Waals surface area contributed by atoms with Crippen molar-refractivity contribution in [2.24, 2.45) is 4.99 Å². The topological polar surface area (TPSA) is 79.1 Å². The minimum absolute atomic E-state index is 0.0817. The molecule has 0 aliphatic carbocycles. The van der Waals surface area contributed by atoms with E-state index >= 15 is 0 Å². The number of hydrogen-bond acceptors (Lipinski definition) is 5. The summed E-state index contributed by atoms with van der Waals surface area (Å²) >= 11 is 0. The molecule has 0 aromatic heterocycles. The maximum absolute atomic E-state index is 11.7. The van der Waals surface area contributed by atoms with Crippen LogP contribution >= 0.6 is 0 Å². The van der Waals surface area contributed by atoms with Gasteiger partial charge in [0.2, 0.25) is 0 Å². The van der Waals surface area contributed by atoms with Crippen molar-refractivity contribution >= 4 is 17.8 Å². The largest absolute Gasteiger partial charge is 0.508 e. The Morgan fingerprint density at radius 3 is 2.80 bits per heavy atom. The summed E-state index contributed by atoms with van der Waals surface area (Å²) in [5, 5.41) is 19.5. The molecule has 0 saturated heterocycles. The average Bonchev–Trinajstić information content (AvgIpc) is 2.65. The van der Waals surface area contributed by atoms with Crippen LogP contribution in [-0.4, -0.2) is 28.5 Å². The summed E-state index contributed by atoms with van der Waals surface area (Å²) in [6, 6.07) is 6.52. The van der Waals surface area contributed by atoms with Crippen molar-refractivity contribution in [1.82, 2.24) is 0 Å². The highest BCUT2D eigenvalue weighted by atomic mass is 16.5. The van der Waals surface area contributed by atoms with Gasteiger partial charge in [-0.25, -0.2) is 9.79 Å². The van der Waals surface area contributed by atoms with E-state index in [1.165, 1.54) is 6.07 Å². The first-order valence-electron chi connectivity index (χ1n) is 6.20. The molecule has 1 aliphatic rings. The van der Waals surface area contributed by atoms with Gasteiger partial charge in [0.25, 0.3) is 0 Å². The van der Waals surface area contributed by atoms with Crippen LogP contribution in [-0.2, 0) is 9.53 Å². The standard InChI is InChI=1S/C15H15NO4/c1-3-20-15(19)13-9(2)16-12(14(13)18)8-10-5-4-6-11(17)7-10/h4-8,17-18H,3H2,1-2H3. The molecule has 1 aromatic rings. The van der Waals surface area contributed by atoms with Gasteiger partial charge >= 0.3 is 5.97 Å². The van der Waals surface area contributed by atoms with E-state index in [1.807, 2.05) is 0 Å². The van der Waals surface area contributed by atoms with E-state index in [1.54, 1.807) is 38.1 Å². The lowest BCUT2D eigenvalue weighted by Gasteiger charge is -2.02. The average molecular weight is 273 g/mol. The molecular formula is C15H15NO4. The van der Waals surface area contributed by atoms with Crippen LogP contribution in [0.5, 0.6) is 5.75 Å². The van der Waals surface area contributed by atoms with E-state index in [2.05, 4.69) is 4.99 Å². The number of ether oxygens (including phenoxy) is 1. The molecule has 0 spiro atoms. The Labute approximate surface area is 116 Å². The number of carbonyl (C=O) groups excluding carboxylic acids is 1. The Hall–Kier alpha value is -2.56. The highest BCUT2D eigenvalue weighted by Crippen LogP contribution is 2.26. The zero-order valence-electron chi connectivity index (χ0n) is 11.3. The minimum atomic E-state index is -0.592. The van der Waals surface area contributed by atoms with Crippen molar-refractivity contribution in [3.05, 3.63) is 46.9 Å². The van der Waals surface area contributed by atoms with E-state index in [-0.39, 0.29) is 29.4 Å². The molecule has 5 heteroatoms. The van der Waals surface area contributed by atoms with Crippen LogP contribution in [0.2, 0.25) is 0 Å². The lowest BCUT2D eigenvalue weighted by Crippen LogP contribution is -2.13. The monoisotopic (exact) mass is 273 g/mol. The van der Waals surface area contributed by atoms with Gasteiger partial charge in [0.05, 0.1) is 12.3 Å². The van der Waals surface area contributed by atoms with Crippen LogP contribution in [0.1, 0.15) is 19.4 Å². The molecule has 2 rings (SSSR count). The van der Waals surface area contributed by atoms with Crippen LogP contribution in [0, 0.1) is 0 Å². The molecule has 20 heavy (non-hydrogen) atoms. The second-order valence-corrected chi connectivity index (χ2v) is 4.27. The Kier molecular flexibility index (Phi) is 3.89. The Bertz CT molecular complexity index is 641. The number of aliphatic imine (C=N–C) groups is 1. The molecule has 0 saturated carbocycles. The number of carbonyl (C=O) groups is 1. The van der Waals surface area contributed by atoms with Gasteiger partial charge in [0.1, 0.15) is 17.0 Å². The number of rotatable bonds is 3. The lowest BCUT2D eigenvalue weighted by molar-refractivity contribution is -0.138. The van der Waals surface area contributed by atoms with Gasteiger partial charge < -0.3 is 14.9 Å². The van der Waals surface area contributed by atoms with E-state index in [0.717, 1.165) is 0 Å². The summed E-state index contributed by atoms with van der Waals surface area (Å²) in [4.78, 5) is 15.9. The Morgan fingerprint density at radius 2 is 2.15 bits per heavy atom. The van der Waals surface area contributed by atoms with Crippen molar-refractivity contribution in [3.8, 4) is 5.75 Å². The van der Waals surface area contributed by atoms with E-state index in [0.29, 0.717) is 11.3 Å². The first-order chi connectivity index (χ1) is 9.52. The summed E-state index contributed by atoms with van der Waals surface area (Å²) in [7, 11) is 0. The first kappa shape index (κ1) is 13.9. The van der Waals surface area contributed by atoms with Gasteiger partial charge in [-0.1, -0.05) is 12.1 Å². The van der Waals surface area contributed by atoms with E-state index in [9.17, 15) is 15.0 Å². The summed E-state index contributed by atoms with van der Waals surface area (Å²) in [5.74, 6) is -0.679. The smallest absolute Gasteiger partial charge is 0.343 e. The van der Waals surface area contributed by atoms with Crippen LogP contribution in [0.25, 0.3) is 6.08 Å². The van der Waals surface area contributed by atoms with E-state index < -0.39 is 5.97 Å². The number of hydrogen-bond donors (Lipinski definition) is 2. The molecule has 1 aliphatic heterocycles. The summed E-state index contributed by atoms with van der Waals surface area (Å²) in [6.07, 6.45) is 1.59. The van der Waals surface area contributed by atoms with Gasteiger partial charge in [0.15, 0.2) is 5.76 Å². The summed E-state index contributed by atoms with van der Waals surface area (Å²) in [6.45, 7) is 3.56. The zero-order chi connectivity index (χ0) is 14.7. The lowest BCUT2D eigenvalue weighted by atomic mass is 10.1. The Morgan fingerprint density at radius 1 is 1.40 bits per heavy atom. The van der Waals surface area contributed by atoms with Crippen LogP contribution in [0.3, 0.4) is 0 Å². The highest BCUT2D eigenvalue weighted by Gasteiger charge is 2.27. The summed E-state index contributed by atoms with van der Waals surface area (Å²) < 4.78 is 4.88. The molecule has 0 radical (unpaired) electrons. The first-order valence-corrected chi connectivity index (χ1v) is 6.20. The number of aliphatic hydroxyl groups excluding tert-OH is 1. The van der Waals surface area contributed by atoms with Crippen molar-refractivity contribution < 1.29 is 19.7 Å². The number of aromatic hydroxyl groups is 1. The molecule has 2 N–H and O–H groups in total. The molecule has 5 nitrogen and oxygen atoms in total. The molecule has 1 heterocycles. The zero-order valence-corrected chi connectivity index (χ0v) is 11.3. The highest BCUT2D eigenvalue weighted by molar-refractivity contribution is 6.22. The molecule has 104 valence electrons. The van der Waals surface area contributed by atoms with Gasteiger partial charge in [-0.2, -0.15) is 0 Å². The van der Waals surface area contributed by atoms with Crippen molar-refractivity contribution in [1.29, 1.82) is 0 Å². The Balaban J connectivity index is 2.38. The van der Waals surface area contributed by atoms with E-state index in [4.69, 9.17) is 4.74 Å². The number of esters is 1. The van der Waals surface area contributed by atoms with Crippen LogP contribution in [0.4, 0.5) is 0 Å². The minimum Gasteiger partial charge on any atom is -0.508 e. The molecule has 0 fully saturated rings. The second kappa shape index (κ2) is 5.61. The predicted octanol–water partition coefficient (Wildman–Crippen LogP) is 2.58. The van der Waals surface area contributed by atoms with Gasteiger partial charge in [-0.15, -0.1) is 0 Å². The van der Waals surface area contributed by atoms with Crippen molar-refractivity contribution in [2.75, 3.05) is 6.61 Å². The molecule has 0 atom stereocenters. The number of phenols is 1. The van der Waals surface area contributed by atoms with Crippen molar-refractivity contribution in [2.45, 2.75) is 13.8 Å². The third-order valence-corrected chi connectivity index (χ3v) is 2.78. The number of aliphatic hydroxyl groups is 1. The number of nitrogens with zero attached hydrogens (tertiary/aromatic N) is 1. The fourth-order valence-electron chi connectivity index (χ4n) is 1.91. The normalized spacial score (nSPS) is 16.5. The quantitative estimate of drug-likeness (QED) is 0.829. The number of benzene rings is 1. The summed E-state index contributed by atoms with van der Waals surface area (Å²) in [5.41, 5.74) is 1.44. The number of phenolic OH excluding ortho intramolecular Hbond substituents is 1. The molecular weight excluding hydrogens is 258 g/mol. The van der Waals surface area contributed by atoms with Gasteiger partial charge in [-0.3, -0.25) is 0 Å². The third kappa shape index (κ3) is 2.71. The maximum atomic E-state index is 11.7. The van der Waals surface area contributed by atoms with Crippen LogP contribution in [0.15, 0.2) is 46.3 Å². The second-order valence-electron chi connectivity index (χ2n) is 4.27. The fraction of sp³-hybridized carbons (Fsp3) is 0.200. The van der Waals surface area contributed by atoms with Gasteiger partial charge in [-0.05, 0) is 37.6 Å². The SMILES string of the molecule is CCOC(=O)C1=C(O)C(=Cc2cccc(O)c2)N=C1C. The molecule has 0 bridgehead atoms. The molecule has 1 aromatic carbocycles. The predicted molar refractivity (Wildman–Crippen MR) is 75.5 cm³/mol. The van der Waals surface area contributed by atoms with Gasteiger partial charge in [0, 0.05) is 0 Å².